The topological polar surface area (TPSA) is 0 Å². The molecule has 0 N–H and O–H groups in total. The first kappa shape index (κ1) is 63.0. The third-order valence-corrected chi connectivity index (χ3v) is 23.7. The maximum atomic E-state index is 7.66. The molecule has 2 aliphatic rings. The fourth-order valence-corrected chi connectivity index (χ4v) is 20.1. The minimum Gasteiger partial charge on any atom is -0.366 e. The van der Waals surface area contributed by atoms with E-state index < -0.39 is 15.8 Å². The fourth-order valence-electron chi connectivity index (χ4n) is 14.1. The quantitative estimate of drug-likeness (QED) is 0.0554. The van der Waals surface area contributed by atoms with Gasteiger partial charge in [-0.05, 0) is 138 Å². The number of benzene rings is 14. The molecule has 0 atom stereocenters. The standard InChI is InChI=1S/C34H26P2.2C27H17.2Au/c1-5-17-29(18-6-1)35(30-19-7-2-8-20-30)33-25-27-15-13-14-16-28(27)26-34(33)36(31-21-9-3-10-22-31)32-23-11-4-12-24-32;2*1-2-20-17-18-24-23-15-9-10-16-25(23)27(26(24)19-20,21-11-5-3-6-12-21)22-13-7-4-8-14-22;;/h1-26H;2*3-19H;;/q;2*-1;2*+1/p+2. The van der Waals surface area contributed by atoms with E-state index in [2.05, 4.69) is 364 Å². The molecule has 0 saturated heterocycles. The Hall–Kier alpha value is -9.20. The van der Waals surface area contributed by atoms with Crippen LogP contribution >= 0.6 is 15.8 Å². The molecule has 0 saturated carbocycles. The van der Waals surface area contributed by atoms with Crippen molar-refractivity contribution in [1.82, 2.24) is 0 Å². The van der Waals surface area contributed by atoms with Crippen molar-refractivity contribution in [3.05, 3.63) is 432 Å². The molecule has 14 aromatic rings. The van der Waals surface area contributed by atoms with E-state index >= 15 is 0 Å². The average molecular weight is 1580 g/mol. The van der Waals surface area contributed by atoms with Gasteiger partial charge in [-0.15, -0.1) is 35.4 Å². The summed E-state index contributed by atoms with van der Waals surface area (Å²) in [5.74, 6) is 5.15. The van der Waals surface area contributed by atoms with Crippen molar-refractivity contribution in [2.75, 3.05) is 0 Å². The molecule has 92 heavy (non-hydrogen) atoms. The Bertz CT molecular complexity index is 4420. The molecule has 0 bridgehead atoms. The normalized spacial score (nSPS) is 12.3. The Labute approximate surface area is 575 Å². The number of hydrogen-bond donors (Lipinski definition) is 0. The largest absolute Gasteiger partial charge is 1.00 e. The molecule has 4 heteroatoms. The van der Waals surface area contributed by atoms with Gasteiger partial charge >= 0.3 is 44.8 Å². The number of fused-ring (bicyclic) bond motifs is 7. The summed E-state index contributed by atoms with van der Waals surface area (Å²) in [6, 6.07) is 131. The second-order valence-corrected chi connectivity index (χ2v) is 27.7. The van der Waals surface area contributed by atoms with Gasteiger partial charge in [-0.2, -0.15) is 0 Å². The van der Waals surface area contributed by atoms with Gasteiger partial charge in [-0.3, -0.25) is 11.8 Å². The van der Waals surface area contributed by atoms with Crippen molar-refractivity contribution in [2.24, 2.45) is 0 Å². The van der Waals surface area contributed by atoms with E-state index in [1.54, 1.807) is 0 Å². The van der Waals surface area contributed by atoms with Crippen LogP contribution in [0.15, 0.2) is 364 Å². The van der Waals surface area contributed by atoms with Crippen molar-refractivity contribution in [3.63, 3.8) is 0 Å². The Morgan fingerprint density at radius 3 is 0.750 bits per heavy atom. The van der Waals surface area contributed by atoms with Gasteiger partial charge in [0.05, 0.1) is 10.8 Å². The summed E-state index contributed by atoms with van der Waals surface area (Å²) in [5.41, 5.74) is 15.8. The first-order chi connectivity index (χ1) is 44.6. The van der Waals surface area contributed by atoms with Gasteiger partial charge in [0.25, 0.3) is 0 Å². The fraction of sp³-hybridized carbons (Fsp3) is 0.0227. The van der Waals surface area contributed by atoms with E-state index in [4.69, 9.17) is 12.8 Å². The molecule has 0 unspecified atom stereocenters. The van der Waals surface area contributed by atoms with Crippen LogP contribution in [-0.2, 0) is 55.6 Å². The van der Waals surface area contributed by atoms with E-state index in [0.717, 1.165) is 11.1 Å². The van der Waals surface area contributed by atoms with Gasteiger partial charge in [0.1, 0.15) is 47.7 Å². The molecule has 0 aliphatic heterocycles. The van der Waals surface area contributed by atoms with Gasteiger partial charge < -0.3 is 12.8 Å². The molecule has 0 nitrogen and oxygen atoms in total. The SMILES string of the molecule is [Au+].[Au+].[C-]#Cc1ccc2c(c1)C(c1ccccc1)(c1ccccc1)c1ccccc1-2.[C-]#Cc1ccc2c(c1)C(c1ccccc1)(c1ccccc1)c1ccccc1-2.c1ccc([PH+](c2ccccc2)c2cc3ccccc3cc2[PH+](c2ccccc2)c2ccccc2)cc1. The van der Waals surface area contributed by atoms with Crippen LogP contribution in [0.2, 0.25) is 0 Å². The summed E-state index contributed by atoms with van der Waals surface area (Å²) in [4.78, 5) is 0. The Kier molecular flexibility index (Phi) is 19.5. The zero-order valence-corrected chi connectivity index (χ0v) is 56.6. The van der Waals surface area contributed by atoms with Crippen molar-refractivity contribution < 1.29 is 44.8 Å². The minimum atomic E-state index is -1.23. The van der Waals surface area contributed by atoms with E-state index in [9.17, 15) is 0 Å². The summed E-state index contributed by atoms with van der Waals surface area (Å²) < 4.78 is 0. The van der Waals surface area contributed by atoms with Gasteiger partial charge in [-0.25, -0.2) is 0 Å². The second kappa shape index (κ2) is 28.5. The second-order valence-electron chi connectivity index (χ2n) is 22.8. The zero-order chi connectivity index (χ0) is 60.7. The van der Waals surface area contributed by atoms with Crippen LogP contribution in [0.3, 0.4) is 0 Å². The third kappa shape index (κ3) is 11.7. The van der Waals surface area contributed by atoms with Gasteiger partial charge in [0, 0.05) is 0 Å². The minimum absolute atomic E-state index is 0. The zero-order valence-electron chi connectivity index (χ0n) is 50.2. The smallest absolute Gasteiger partial charge is 0.366 e. The summed E-state index contributed by atoms with van der Waals surface area (Å²) in [7, 11) is -2.46. The third-order valence-electron chi connectivity index (χ3n) is 17.9. The van der Waals surface area contributed by atoms with Crippen LogP contribution in [0, 0.1) is 24.7 Å². The Morgan fingerprint density at radius 1 is 0.228 bits per heavy atom. The molecule has 2 aliphatic carbocycles. The van der Waals surface area contributed by atoms with Crippen LogP contribution in [-0.4, -0.2) is 0 Å². The van der Waals surface area contributed by atoms with Crippen molar-refractivity contribution in [3.8, 4) is 34.1 Å². The number of hydrogen-bond acceptors (Lipinski definition) is 0. The van der Waals surface area contributed by atoms with E-state index in [-0.39, 0.29) is 55.6 Å². The van der Waals surface area contributed by atoms with Gasteiger partial charge in [0.2, 0.25) is 0 Å². The maximum absolute atomic E-state index is 7.66. The van der Waals surface area contributed by atoms with Crippen molar-refractivity contribution >= 4 is 58.4 Å². The van der Waals surface area contributed by atoms with E-state index in [1.807, 2.05) is 12.1 Å². The van der Waals surface area contributed by atoms with Crippen LogP contribution in [0.4, 0.5) is 0 Å². The van der Waals surface area contributed by atoms with Crippen molar-refractivity contribution in [2.45, 2.75) is 10.8 Å². The molecular formula is C88H62Au2P2+2. The van der Waals surface area contributed by atoms with Crippen LogP contribution in [0.25, 0.3) is 33.0 Å². The predicted molar refractivity (Wildman–Crippen MR) is 384 cm³/mol. The first-order valence-electron chi connectivity index (χ1n) is 30.6. The monoisotopic (exact) mass is 1570 g/mol. The summed E-state index contributed by atoms with van der Waals surface area (Å²) in [6.45, 7) is 0. The molecule has 0 amide bonds. The van der Waals surface area contributed by atoms with E-state index in [1.165, 1.54) is 109 Å². The molecule has 444 valence electrons. The molecule has 0 heterocycles. The number of rotatable bonds is 10. The summed E-state index contributed by atoms with van der Waals surface area (Å²) >= 11 is 0. The average Bonchev–Trinajstić information content (AvgIpc) is 1.54. The van der Waals surface area contributed by atoms with Crippen LogP contribution in [0.1, 0.15) is 55.6 Å². The Balaban J connectivity index is 0.000000134. The molecule has 0 aromatic heterocycles. The molecular weight excluding hydrogens is 1510 g/mol. The van der Waals surface area contributed by atoms with Crippen molar-refractivity contribution in [1.29, 1.82) is 0 Å². The maximum Gasteiger partial charge on any atom is 1.00 e. The molecule has 0 fully saturated rings. The van der Waals surface area contributed by atoms with Gasteiger partial charge in [0.15, 0.2) is 0 Å². The Morgan fingerprint density at radius 2 is 0.467 bits per heavy atom. The summed E-state index contributed by atoms with van der Waals surface area (Å²) in [6.07, 6.45) is 15.3. The molecule has 14 aromatic carbocycles. The van der Waals surface area contributed by atoms with Crippen LogP contribution < -0.4 is 31.8 Å². The molecule has 0 spiro atoms. The summed E-state index contributed by atoms with van der Waals surface area (Å²) in [5, 5.41) is 11.3. The molecule has 0 radical (unpaired) electrons. The van der Waals surface area contributed by atoms with Crippen LogP contribution in [0.5, 0.6) is 0 Å². The van der Waals surface area contributed by atoms with E-state index in [0.29, 0.717) is 0 Å². The first-order valence-corrected chi connectivity index (χ1v) is 33.6. The molecule has 16 rings (SSSR count). The predicted octanol–water partition coefficient (Wildman–Crippen LogP) is 17.8. The van der Waals surface area contributed by atoms with Gasteiger partial charge in [-0.1, -0.05) is 279 Å².